The van der Waals surface area contributed by atoms with E-state index in [1.165, 1.54) is 0 Å². The van der Waals surface area contributed by atoms with Gasteiger partial charge in [-0.15, -0.1) is 0 Å². The molecule has 3 rings (SSSR count). The maximum absolute atomic E-state index is 12.1. The lowest BCUT2D eigenvalue weighted by molar-refractivity contribution is -0.133. The van der Waals surface area contributed by atoms with Crippen LogP contribution in [0.1, 0.15) is 44.6 Å². The summed E-state index contributed by atoms with van der Waals surface area (Å²) in [6, 6.07) is 5.78. The normalized spacial score (nSPS) is 27.8. The Bertz CT molecular complexity index is 703. The van der Waals surface area contributed by atoms with Gasteiger partial charge < -0.3 is 29.3 Å². The van der Waals surface area contributed by atoms with Crippen molar-refractivity contribution in [2.75, 3.05) is 40.0 Å². The molecule has 0 radical (unpaired) electrons. The molecule has 7 nitrogen and oxygen atoms in total. The molecular weight excluding hydrogens is 374 g/mol. The van der Waals surface area contributed by atoms with Gasteiger partial charge in [-0.25, -0.2) is 0 Å². The fourth-order valence-corrected chi connectivity index (χ4v) is 4.41. The van der Waals surface area contributed by atoms with E-state index in [2.05, 4.69) is 0 Å². The Balaban J connectivity index is 1.79. The van der Waals surface area contributed by atoms with Crippen LogP contribution in [0.2, 0.25) is 0 Å². The van der Waals surface area contributed by atoms with E-state index in [4.69, 9.17) is 14.2 Å². The first-order chi connectivity index (χ1) is 13.9. The lowest BCUT2D eigenvalue weighted by atomic mass is 9.72. The molecule has 1 aromatic carbocycles. The highest BCUT2D eigenvalue weighted by atomic mass is 16.5. The molecule has 2 heterocycles. The van der Waals surface area contributed by atoms with Gasteiger partial charge in [-0.2, -0.15) is 0 Å². The zero-order valence-corrected chi connectivity index (χ0v) is 17.6. The molecule has 2 saturated heterocycles. The smallest absolute Gasteiger partial charge is 0.248 e. The van der Waals surface area contributed by atoms with Crippen LogP contribution in [0.4, 0.5) is 0 Å². The molecule has 162 valence electrons. The average molecular weight is 408 g/mol. The van der Waals surface area contributed by atoms with Crippen molar-refractivity contribution in [2.45, 2.75) is 51.2 Å². The van der Waals surface area contributed by atoms with E-state index >= 15 is 0 Å². The second kappa shape index (κ2) is 9.32. The summed E-state index contributed by atoms with van der Waals surface area (Å²) in [6.45, 7) is 5.42. The Morgan fingerprint density at radius 2 is 2.21 bits per heavy atom. The summed E-state index contributed by atoms with van der Waals surface area (Å²) in [5.41, 5.74) is 0.462. The van der Waals surface area contributed by atoms with Crippen LogP contribution >= 0.6 is 0 Å². The molecule has 2 N–H and O–H groups in total. The van der Waals surface area contributed by atoms with Crippen molar-refractivity contribution >= 4 is 5.91 Å². The second-order valence-corrected chi connectivity index (χ2v) is 8.35. The fourth-order valence-electron chi connectivity index (χ4n) is 4.41. The molecular formula is C22H33NO6. The number of rotatable bonds is 8. The van der Waals surface area contributed by atoms with Crippen molar-refractivity contribution in [1.29, 1.82) is 0 Å². The van der Waals surface area contributed by atoms with Crippen molar-refractivity contribution in [3.63, 3.8) is 0 Å². The van der Waals surface area contributed by atoms with Crippen LogP contribution in [0.5, 0.6) is 11.5 Å². The number of aliphatic hydroxyl groups is 2. The molecule has 2 aliphatic heterocycles. The van der Waals surface area contributed by atoms with Gasteiger partial charge in [0.2, 0.25) is 5.91 Å². The molecule has 0 saturated carbocycles. The summed E-state index contributed by atoms with van der Waals surface area (Å²) >= 11 is 0. The molecule has 1 aromatic rings. The largest absolute Gasteiger partial charge is 0.493 e. The summed E-state index contributed by atoms with van der Waals surface area (Å²) in [7, 11) is 1.61. The van der Waals surface area contributed by atoms with E-state index in [1.807, 2.05) is 25.1 Å². The molecule has 0 aromatic heterocycles. The molecule has 0 bridgehead atoms. The number of benzene rings is 1. The third-order valence-corrected chi connectivity index (χ3v) is 6.48. The number of carbonyl (C=O) groups excluding carboxylic acids is 1. The van der Waals surface area contributed by atoms with Crippen LogP contribution in [0.3, 0.4) is 0 Å². The highest BCUT2D eigenvalue weighted by Gasteiger charge is 2.48. The van der Waals surface area contributed by atoms with Crippen molar-refractivity contribution in [3.05, 3.63) is 23.8 Å². The molecule has 4 atom stereocenters. The Morgan fingerprint density at radius 3 is 2.83 bits per heavy atom. The standard InChI is InChI=1S/C22H33NO6/c1-15(25)22(2)14-23(21(26)13-24)12-18(22)16-6-7-19(27-3)20(11-16)29-10-8-17-5-4-9-28-17/h6-7,11,15,17-18,24-25H,4-5,8-10,12-14H2,1-3H3/t15-,17?,18+,22+/m1/s1. The van der Waals surface area contributed by atoms with E-state index in [-0.39, 0.29) is 17.9 Å². The highest BCUT2D eigenvalue weighted by molar-refractivity contribution is 5.77. The maximum atomic E-state index is 12.1. The molecule has 7 heteroatoms. The number of carbonyl (C=O) groups is 1. The predicted octanol–water partition coefficient (Wildman–Crippen LogP) is 1.95. The predicted molar refractivity (Wildman–Crippen MR) is 108 cm³/mol. The van der Waals surface area contributed by atoms with Gasteiger partial charge in [-0.3, -0.25) is 4.79 Å². The number of hydrogen-bond donors (Lipinski definition) is 2. The third-order valence-electron chi connectivity index (χ3n) is 6.48. The number of methoxy groups -OCH3 is 1. The monoisotopic (exact) mass is 407 g/mol. The van der Waals surface area contributed by atoms with Gasteiger partial charge in [-0.1, -0.05) is 13.0 Å². The number of nitrogens with zero attached hydrogens (tertiary/aromatic N) is 1. The Morgan fingerprint density at radius 1 is 1.41 bits per heavy atom. The van der Waals surface area contributed by atoms with Gasteiger partial charge >= 0.3 is 0 Å². The summed E-state index contributed by atoms with van der Waals surface area (Å²) in [5, 5.41) is 19.7. The van der Waals surface area contributed by atoms with Gasteiger partial charge in [0.05, 0.1) is 25.9 Å². The minimum atomic E-state index is -0.616. The second-order valence-electron chi connectivity index (χ2n) is 8.35. The molecule has 1 unspecified atom stereocenters. The summed E-state index contributed by atoms with van der Waals surface area (Å²) in [6.07, 6.45) is 2.66. The zero-order valence-electron chi connectivity index (χ0n) is 17.6. The lowest BCUT2D eigenvalue weighted by Crippen LogP contribution is -2.38. The lowest BCUT2D eigenvalue weighted by Gasteiger charge is -2.33. The van der Waals surface area contributed by atoms with Crippen LogP contribution in [-0.4, -0.2) is 73.2 Å². The maximum Gasteiger partial charge on any atom is 0.248 e. The van der Waals surface area contributed by atoms with Gasteiger partial charge in [-0.05, 0) is 37.5 Å². The van der Waals surface area contributed by atoms with Crippen molar-refractivity contribution in [2.24, 2.45) is 5.41 Å². The van der Waals surface area contributed by atoms with E-state index < -0.39 is 18.1 Å². The van der Waals surface area contributed by atoms with Crippen molar-refractivity contribution < 1.29 is 29.2 Å². The molecule has 0 spiro atoms. The van der Waals surface area contributed by atoms with E-state index in [0.29, 0.717) is 31.2 Å². The van der Waals surface area contributed by atoms with E-state index in [0.717, 1.165) is 31.4 Å². The topological polar surface area (TPSA) is 88.5 Å². The average Bonchev–Trinajstić information content (AvgIpc) is 3.35. The van der Waals surface area contributed by atoms with Crippen LogP contribution < -0.4 is 9.47 Å². The molecule has 2 fully saturated rings. The Kier molecular flexibility index (Phi) is 7.03. The Labute approximate surface area is 172 Å². The summed E-state index contributed by atoms with van der Waals surface area (Å²) < 4.78 is 17.1. The van der Waals surface area contributed by atoms with Gasteiger partial charge in [0.15, 0.2) is 11.5 Å². The van der Waals surface area contributed by atoms with Gasteiger partial charge in [0.1, 0.15) is 6.61 Å². The van der Waals surface area contributed by atoms with Crippen LogP contribution in [-0.2, 0) is 9.53 Å². The molecule has 29 heavy (non-hydrogen) atoms. The molecule has 2 aliphatic rings. The number of likely N-dealkylation sites (tertiary alicyclic amines) is 1. The molecule has 1 amide bonds. The van der Waals surface area contributed by atoms with Crippen LogP contribution in [0, 0.1) is 5.41 Å². The van der Waals surface area contributed by atoms with E-state index in [9.17, 15) is 15.0 Å². The highest BCUT2D eigenvalue weighted by Crippen LogP contribution is 2.46. The van der Waals surface area contributed by atoms with E-state index in [1.54, 1.807) is 18.9 Å². The SMILES string of the molecule is COc1ccc([C@@H]2CN(C(=O)CO)C[C@@]2(C)[C@@H](C)O)cc1OCCC1CCCO1. The first kappa shape index (κ1) is 21.9. The van der Waals surface area contributed by atoms with Crippen molar-refractivity contribution in [3.8, 4) is 11.5 Å². The number of amides is 1. The number of ether oxygens (including phenoxy) is 3. The molecule has 0 aliphatic carbocycles. The zero-order chi connectivity index (χ0) is 21.0. The quantitative estimate of drug-likeness (QED) is 0.685. The van der Waals surface area contributed by atoms with Gasteiger partial charge in [0, 0.05) is 37.5 Å². The van der Waals surface area contributed by atoms with Crippen LogP contribution in [0.25, 0.3) is 0 Å². The van der Waals surface area contributed by atoms with Crippen molar-refractivity contribution in [1.82, 2.24) is 4.90 Å². The Hall–Kier alpha value is -1.83. The third kappa shape index (κ3) is 4.68. The minimum Gasteiger partial charge on any atom is -0.493 e. The van der Waals surface area contributed by atoms with Gasteiger partial charge in [0.25, 0.3) is 0 Å². The first-order valence-corrected chi connectivity index (χ1v) is 10.4. The summed E-state index contributed by atoms with van der Waals surface area (Å²) in [4.78, 5) is 13.7. The summed E-state index contributed by atoms with van der Waals surface area (Å²) in [5.74, 6) is 0.911. The number of aliphatic hydroxyl groups excluding tert-OH is 2. The van der Waals surface area contributed by atoms with Crippen LogP contribution in [0.15, 0.2) is 18.2 Å². The fraction of sp³-hybridized carbons (Fsp3) is 0.682. The first-order valence-electron chi connectivity index (χ1n) is 10.4. The minimum absolute atomic E-state index is 0.0792. The number of hydrogen-bond acceptors (Lipinski definition) is 6.